The number of benzene rings is 1. The monoisotopic (exact) mass is 273 g/mol. The third kappa shape index (κ3) is 2.11. The lowest BCUT2D eigenvalue weighted by molar-refractivity contribution is 0.270. The summed E-state index contributed by atoms with van der Waals surface area (Å²) in [5.74, 6) is -1.56. The number of nitrogens with zero attached hydrogens (tertiary/aromatic N) is 1. The van der Waals surface area contributed by atoms with E-state index in [0.29, 0.717) is 10.0 Å². The number of aliphatic hydroxyl groups excluding tert-OH is 1. The van der Waals surface area contributed by atoms with Crippen LogP contribution in [0.1, 0.15) is 24.0 Å². The van der Waals surface area contributed by atoms with Gasteiger partial charge in [0.05, 0.1) is 0 Å². The summed E-state index contributed by atoms with van der Waals surface area (Å²) < 4.78 is 13.5. The smallest absolute Gasteiger partial charge is 0.145 e. The maximum absolute atomic E-state index is 13.2. The number of nitriles is 1. The minimum Gasteiger partial charge on any atom is -0.506 e. The van der Waals surface area contributed by atoms with Gasteiger partial charge in [-0.05, 0) is 6.07 Å². The maximum Gasteiger partial charge on any atom is 0.145 e. The second-order valence-corrected chi connectivity index (χ2v) is 4.03. The molecule has 0 amide bonds. The molecule has 0 fully saturated rings. The molecule has 1 atom stereocenters. The van der Waals surface area contributed by atoms with E-state index in [0.717, 1.165) is 6.07 Å². The largest absolute Gasteiger partial charge is 0.506 e. The summed E-state index contributed by atoms with van der Waals surface area (Å²) >= 11 is 3.08. The van der Waals surface area contributed by atoms with Crippen LogP contribution >= 0.6 is 15.9 Å². The predicted molar refractivity (Wildman–Crippen MR) is 56.0 cm³/mol. The average Bonchev–Trinajstić information content (AvgIpc) is 2.17. The summed E-state index contributed by atoms with van der Waals surface area (Å²) in [5, 5.41) is 27.3. The number of hydrogen-bond acceptors (Lipinski definition) is 3. The summed E-state index contributed by atoms with van der Waals surface area (Å²) in [7, 11) is 0. The average molecular weight is 274 g/mol. The first-order valence-corrected chi connectivity index (χ1v) is 5.04. The molecule has 0 aliphatic heterocycles. The molecule has 0 aliphatic rings. The summed E-state index contributed by atoms with van der Waals surface area (Å²) in [5.41, 5.74) is -0.0519. The van der Waals surface area contributed by atoms with Crippen LogP contribution in [-0.4, -0.2) is 16.8 Å². The van der Waals surface area contributed by atoms with Crippen LogP contribution in [0.4, 0.5) is 4.39 Å². The third-order valence-electron chi connectivity index (χ3n) is 2.12. The van der Waals surface area contributed by atoms with Crippen molar-refractivity contribution in [2.75, 3.05) is 6.61 Å². The fraction of sp³-hybridized carbons (Fsp3) is 0.300. The molecule has 1 aromatic rings. The molecule has 0 saturated carbocycles. The quantitative estimate of drug-likeness (QED) is 0.869. The first kappa shape index (κ1) is 12.0. The van der Waals surface area contributed by atoms with Crippen molar-refractivity contribution in [2.45, 2.75) is 12.8 Å². The molecule has 0 heterocycles. The van der Waals surface area contributed by atoms with E-state index >= 15 is 0 Å². The van der Waals surface area contributed by atoms with Crippen molar-refractivity contribution < 1.29 is 14.6 Å². The van der Waals surface area contributed by atoms with Crippen LogP contribution in [-0.2, 0) is 0 Å². The molecule has 0 saturated heterocycles. The van der Waals surface area contributed by atoms with Gasteiger partial charge in [-0.15, -0.1) is 0 Å². The van der Waals surface area contributed by atoms with Gasteiger partial charge in [0.2, 0.25) is 0 Å². The van der Waals surface area contributed by atoms with Gasteiger partial charge in [0, 0.05) is 22.6 Å². The molecule has 0 aromatic heterocycles. The molecule has 15 heavy (non-hydrogen) atoms. The fourth-order valence-electron chi connectivity index (χ4n) is 1.29. The lowest BCUT2D eigenvalue weighted by Crippen LogP contribution is -2.03. The van der Waals surface area contributed by atoms with E-state index in [1.165, 1.54) is 0 Å². The lowest BCUT2D eigenvalue weighted by atomic mass is 9.98. The lowest BCUT2D eigenvalue weighted by Gasteiger charge is -2.14. The highest BCUT2D eigenvalue weighted by molar-refractivity contribution is 9.10. The maximum atomic E-state index is 13.2. The van der Waals surface area contributed by atoms with Crippen molar-refractivity contribution in [3.8, 4) is 11.8 Å². The summed E-state index contributed by atoms with van der Waals surface area (Å²) in [4.78, 5) is 0. The first-order valence-electron chi connectivity index (χ1n) is 4.24. The molecule has 0 bridgehead atoms. The number of hydrogen-bond donors (Lipinski definition) is 2. The number of phenolic OH excluding ortho intramolecular Hbond substituents is 1. The highest BCUT2D eigenvalue weighted by atomic mass is 79.9. The second-order valence-electron chi connectivity index (χ2n) is 3.17. The molecule has 5 heteroatoms. The van der Waals surface area contributed by atoms with Crippen molar-refractivity contribution in [3.05, 3.63) is 27.5 Å². The van der Waals surface area contributed by atoms with E-state index in [4.69, 9.17) is 10.4 Å². The van der Waals surface area contributed by atoms with Crippen LogP contribution in [0, 0.1) is 17.1 Å². The van der Waals surface area contributed by atoms with Crippen molar-refractivity contribution in [1.82, 2.24) is 0 Å². The fourth-order valence-corrected chi connectivity index (χ4v) is 2.07. The molecule has 1 rings (SSSR count). The Morgan fingerprint density at radius 3 is 2.73 bits per heavy atom. The van der Waals surface area contributed by atoms with E-state index in [-0.39, 0.29) is 12.5 Å². The van der Waals surface area contributed by atoms with Crippen LogP contribution in [0.3, 0.4) is 0 Å². The summed E-state index contributed by atoms with van der Waals surface area (Å²) in [6.07, 6.45) is 0. The molecular weight excluding hydrogens is 265 g/mol. The van der Waals surface area contributed by atoms with Crippen LogP contribution in [0.25, 0.3) is 0 Å². The van der Waals surface area contributed by atoms with Gasteiger partial charge in [0.15, 0.2) is 0 Å². The van der Waals surface area contributed by atoms with Gasteiger partial charge in [0.25, 0.3) is 0 Å². The Morgan fingerprint density at radius 1 is 1.67 bits per heavy atom. The first-order chi connectivity index (χ1) is 7.02. The Kier molecular flexibility index (Phi) is 3.66. The van der Waals surface area contributed by atoms with Gasteiger partial charge in [-0.3, -0.25) is 0 Å². The highest BCUT2D eigenvalue weighted by Gasteiger charge is 2.20. The van der Waals surface area contributed by atoms with Crippen molar-refractivity contribution in [1.29, 1.82) is 5.26 Å². The highest BCUT2D eigenvalue weighted by Crippen LogP contribution is 2.36. The zero-order chi connectivity index (χ0) is 11.6. The zero-order valence-corrected chi connectivity index (χ0v) is 9.55. The number of aromatic hydroxyl groups is 1. The molecule has 80 valence electrons. The summed E-state index contributed by atoms with van der Waals surface area (Å²) in [6, 6.07) is 2.69. The SMILES string of the molecule is CC(CO)c1c(Br)cc(F)c(C#N)c1O. The van der Waals surface area contributed by atoms with Gasteiger partial charge < -0.3 is 10.2 Å². The normalized spacial score (nSPS) is 12.2. The Hall–Kier alpha value is -1.12. The molecule has 3 nitrogen and oxygen atoms in total. The van der Waals surface area contributed by atoms with Crippen LogP contribution in [0.15, 0.2) is 10.5 Å². The second kappa shape index (κ2) is 4.60. The van der Waals surface area contributed by atoms with Gasteiger partial charge in [-0.1, -0.05) is 22.9 Å². The molecule has 1 aromatic carbocycles. The van der Waals surface area contributed by atoms with Crippen LogP contribution in [0.2, 0.25) is 0 Å². The Bertz CT molecular complexity index is 428. The minimum atomic E-state index is -0.782. The van der Waals surface area contributed by atoms with E-state index in [1.807, 2.05) is 0 Å². The topological polar surface area (TPSA) is 64.2 Å². The molecule has 0 spiro atoms. The Labute approximate surface area is 94.9 Å². The number of phenols is 1. The standard InChI is InChI=1S/C10H9BrFNO2/c1-5(4-14)9-7(11)2-8(12)6(3-13)10(9)15/h2,5,14-15H,4H2,1H3. The Morgan fingerprint density at radius 2 is 2.27 bits per heavy atom. The number of rotatable bonds is 2. The van der Waals surface area contributed by atoms with Crippen molar-refractivity contribution >= 4 is 15.9 Å². The molecule has 0 aliphatic carbocycles. The van der Waals surface area contributed by atoms with Gasteiger partial charge >= 0.3 is 0 Å². The van der Waals surface area contributed by atoms with Crippen LogP contribution < -0.4 is 0 Å². The summed E-state index contributed by atoms with van der Waals surface area (Å²) in [6.45, 7) is 1.47. The van der Waals surface area contributed by atoms with E-state index in [2.05, 4.69) is 15.9 Å². The molecule has 2 N–H and O–H groups in total. The predicted octanol–water partition coefficient (Wildman–Crippen LogP) is 2.26. The van der Waals surface area contributed by atoms with Gasteiger partial charge in [-0.2, -0.15) is 5.26 Å². The van der Waals surface area contributed by atoms with Crippen molar-refractivity contribution in [3.63, 3.8) is 0 Å². The van der Waals surface area contributed by atoms with Gasteiger partial charge in [-0.25, -0.2) is 4.39 Å². The molecular formula is C10H9BrFNO2. The van der Waals surface area contributed by atoms with Crippen LogP contribution in [0.5, 0.6) is 5.75 Å². The minimum absolute atomic E-state index is 0.192. The van der Waals surface area contributed by atoms with E-state index in [9.17, 15) is 9.50 Å². The van der Waals surface area contributed by atoms with Crippen molar-refractivity contribution in [2.24, 2.45) is 0 Å². The van der Waals surface area contributed by atoms with E-state index < -0.39 is 17.1 Å². The Balaban J connectivity index is 3.47. The third-order valence-corrected chi connectivity index (χ3v) is 2.78. The number of aliphatic hydroxyl groups is 1. The zero-order valence-electron chi connectivity index (χ0n) is 7.96. The van der Waals surface area contributed by atoms with E-state index in [1.54, 1.807) is 13.0 Å². The molecule has 0 radical (unpaired) electrons. The molecule has 1 unspecified atom stereocenters. The number of halogens is 2. The van der Waals surface area contributed by atoms with Gasteiger partial charge in [0.1, 0.15) is 23.2 Å².